The number of benzene rings is 2. The van der Waals surface area contributed by atoms with E-state index in [1.807, 2.05) is 17.0 Å². The van der Waals surface area contributed by atoms with E-state index in [9.17, 15) is 9.90 Å². The van der Waals surface area contributed by atoms with Crippen LogP contribution >= 0.6 is 27.5 Å². The number of aromatic hydroxyl groups is 1. The Kier molecular flexibility index (Phi) is 4.71. The van der Waals surface area contributed by atoms with Crippen LogP contribution in [0.4, 0.5) is 0 Å². The SMILES string of the molecule is CC(=O)N1CCC2(CC1)Oc1ccc(Br)cc1C1CC(c3cc(Cl)ccc3O)=NN12. The number of amides is 1. The van der Waals surface area contributed by atoms with Gasteiger partial charge < -0.3 is 14.7 Å². The van der Waals surface area contributed by atoms with Crippen molar-refractivity contribution < 1.29 is 14.6 Å². The van der Waals surface area contributed by atoms with Gasteiger partial charge in [0.05, 0.1) is 11.8 Å². The third kappa shape index (κ3) is 3.15. The molecule has 3 aliphatic rings. The van der Waals surface area contributed by atoms with Gasteiger partial charge in [-0.2, -0.15) is 5.10 Å². The standard InChI is InChI=1S/C22H21BrClN3O3/c1-13(28)26-8-6-22(7-9-26)27-19(17-10-14(23)2-5-21(17)30-22)12-18(25-27)16-11-15(24)3-4-20(16)29/h2-5,10-11,19,29H,6-9,12H2,1H3. The Morgan fingerprint density at radius 2 is 2.03 bits per heavy atom. The average molecular weight is 491 g/mol. The van der Waals surface area contributed by atoms with Gasteiger partial charge in [0.2, 0.25) is 11.6 Å². The molecule has 1 spiro atoms. The number of rotatable bonds is 1. The number of hydrogen-bond donors (Lipinski definition) is 1. The number of nitrogens with zero attached hydrogens (tertiary/aromatic N) is 3. The van der Waals surface area contributed by atoms with Gasteiger partial charge in [0, 0.05) is 59.9 Å². The highest BCUT2D eigenvalue weighted by Crippen LogP contribution is 2.51. The Balaban J connectivity index is 1.58. The van der Waals surface area contributed by atoms with Crippen molar-refractivity contribution in [2.24, 2.45) is 5.10 Å². The van der Waals surface area contributed by atoms with Crippen molar-refractivity contribution in [3.63, 3.8) is 0 Å². The fourth-order valence-corrected chi connectivity index (χ4v) is 5.21. The normalized spacial score (nSPS) is 21.7. The third-order valence-corrected chi connectivity index (χ3v) is 6.95. The van der Waals surface area contributed by atoms with E-state index in [0.717, 1.165) is 21.5 Å². The summed E-state index contributed by atoms with van der Waals surface area (Å²) in [5.41, 5.74) is 1.87. The molecule has 0 aliphatic carbocycles. The van der Waals surface area contributed by atoms with E-state index in [1.54, 1.807) is 25.1 Å². The van der Waals surface area contributed by atoms with Crippen LogP contribution in [0.2, 0.25) is 5.02 Å². The summed E-state index contributed by atoms with van der Waals surface area (Å²) in [5, 5.41) is 18.0. The molecule has 1 amide bonds. The number of carbonyl (C=O) groups excluding carboxylic acids is 1. The van der Waals surface area contributed by atoms with Crippen LogP contribution in [0.1, 0.15) is 43.4 Å². The molecule has 3 aliphatic heterocycles. The van der Waals surface area contributed by atoms with E-state index in [1.165, 1.54) is 0 Å². The molecule has 2 aromatic carbocycles. The molecule has 5 rings (SSSR count). The predicted molar refractivity (Wildman–Crippen MR) is 118 cm³/mol. The molecule has 2 aromatic rings. The van der Waals surface area contributed by atoms with Crippen molar-refractivity contribution in [1.82, 2.24) is 9.91 Å². The minimum atomic E-state index is -0.618. The highest BCUT2D eigenvalue weighted by molar-refractivity contribution is 9.10. The first-order valence-corrected chi connectivity index (χ1v) is 11.1. The number of fused-ring (bicyclic) bond motifs is 4. The van der Waals surface area contributed by atoms with Gasteiger partial charge in [0.15, 0.2) is 0 Å². The van der Waals surface area contributed by atoms with Crippen molar-refractivity contribution in [3.05, 3.63) is 57.0 Å². The summed E-state index contributed by atoms with van der Waals surface area (Å²) in [4.78, 5) is 13.7. The first-order valence-electron chi connectivity index (χ1n) is 9.96. The first-order chi connectivity index (χ1) is 14.4. The summed E-state index contributed by atoms with van der Waals surface area (Å²) in [7, 11) is 0. The maximum Gasteiger partial charge on any atom is 0.219 e. The van der Waals surface area contributed by atoms with Crippen LogP contribution in [0.3, 0.4) is 0 Å². The lowest BCUT2D eigenvalue weighted by atomic mass is 9.90. The Morgan fingerprint density at radius 3 is 2.77 bits per heavy atom. The summed E-state index contributed by atoms with van der Waals surface area (Å²) in [6.07, 6.45) is 1.96. The van der Waals surface area contributed by atoms with Crippen LogP contribution in [-0.2, 0) is 4.79 Å². The fourth-order valence-electron chi connectivity index (χ4n) is 4.66. The maximum atomic E-state index is 11.8. The van der Waals surface area contributed by atoms with Crippen LogP contribution in [0.5, 0.6) is 11.5 Å². The molecule has 1 unspecified atom stereocenters. The molecule has 8 heteroatoms. The number of phenolic OH excluding ortho intramolecular Hbond substituents is 1. The second-order valence-electron chi connectivity index (χ2n) is 8.01. The number of phenols is 1. The number of carbonyl (C=O) groups is 1. The van der Waals surface area contributed by atoms with Crippen molar-refractivity contribution in [3.8, 4) is 11.5 Å². The number of hydrazone groups is 1. The zero-order valence-corrected chi connectivity index (χ0v) is 18.8. The molecule has 1 saturated heterocycles. The lowest BCUT2D eigenvalue weighted by Gasteiger charge is -2.51. The maximum absolute atomic E-state index is 11.8. The molecule has 1 fully saturated rings. The monoisotopic (exact) mass is 489 g/mol. The second-order valence-corrected chi connectivity index (χ2v) is 9.36. The molecule has 1 atom stereocenters. The Morgan fingerprint density at radius 1 is 1.27 bits per heavy atom. The summed E-state index contributed by atoms with van der Waals surface area (Å²) in [6, 6.07) is 11.0. The number of ether oxygens (including phenoxy) is 1. The lowest BCUT2D eigenvalue weighted by molar-refractivity contribution is -0.158. The minimum Gasteiger partial charge on any atom is -0.507 e. The van der Waals surface area contributed by atoms with Gasteiger partial charge in [-0.05, 0) is 36.4 Å². The topological polar surface area (TPSA) is 65.4 Å². The summed E-state index contributed by atoms with van der Waals surface area (Å²) in [6.45, 7) is 2.85. The largest absolute Gasteiger partial charge is 0.507 e. The van der Waals surface area contributed by atoms with Crippen LogP contribution in [0.25, 0.3) is 0 Å². The van der Waals surface area contributed by atoms with Gasteiger partial charge >= 0.3 is 0 Å². The van der Waals surface area contributed by atoms with E-state index < -0.39 is 5.72 Å². The van der Waals surface area contributed by atoms with E-state index in [4.69, 9.17) is 21.4 Å². The van der Waals surface area contributed by atoms with Crippen molar-refractivity contribution in [2.45, 2.75) is 38.0 Å². The van der Waals surface area contributed by atoms with E-state index in [-0.39, 0.29) is 17.7 Å². The molecule has 3 heterocycles. The number of hydrogen-bond acceptors (Lipinski definition) is 5. The van der Waals surface area contributed by atoms with Crippen molar-refractivity contribution in [1.29, 1.82) is 0 Å². The molecular formula is C22H21BrClN3O3. The van der Waals surface area contributed by atoms with Crippen LogP contribution in [0, 0.1) is 0 Å². The number of halogens is 2. The predicted octanol–water partition coefficient (Wildman–Crippen LogP) is 4.69. The molecule has 0 aromatic heterocycles. The zero-order chi connectivity index (χ0) is 21.0. The number of likely N-dealkylation sites (tertiary alicyclic amines) is 1. The summed E-state index contributed by atoms with van der Waals surface area (Å²) < 4.78 is 7.55. The fraction of sp³-hybridized carbons (Fsp3) is 0.364. The molecule has 0 radical (unpaired) electrons. The highest BCUT2D eigenvalue weighted by atomic mass is 79.9. The van der Waals surface area contributed by atoms with Gasteiger partial charge in [0.25, 0.3) is 0 Å². The van der Waals surface area contributed by atoms with Crippen molar-refractivity contribution >= 4 is 39.1 Å². The van der Waals surface area contributed by atoms with Gasteiger partial charge in [-0.15, -0.1) is 0 Å². The molecule has 30 heavy (non-hydrogen) atoms. The quantitative estimate of drug-likeness (QED) is 0.630. The van der Waals surface area contributed by atoms with E-state index >= 15 is 0 Å². The molecule has 6 nitrogen and oxygen atoms in total. The molecule has 0 bridgehead atoms. The third-order valence-electron chi connectivity index (χ3n) is 6.22. The van der Waals surface area contributed by atoms with Gasteiger partial charge in [-0.25, -0.2) is 5.01 Å². The first kappa shape index (κ1) is 19.7. The average Bonchev–Trinajstić information content (AvgIpc) is 3.17. The second kappa shape index (κ2) is 7.17. The van der Waals surface area contributed by atoms with Crippen LogP contribution in [0.15, 0.2) is 46.0 Å². The smallest absolute Gasteiger partial charge is 0.219 e. The van der Waals surface area contributed by atoms with Gasteiger partial charge in [-0.3, -0.25) is 4.79 Å². The molecule has 156 valence electrons. The Hall–Kier alpha value is -2.25. The number of piperidine rings is 1. The molecule has 1 N–H and O–H groups in total. The molecular weight excluding hydrogens is 470 g/mol. The summed E-state index contributed by atoms with van der Waals surface area (Å²) >= 11 is 9.76. The van der Waals surface area contributed by atoms with E-state index in [0.29, 0.717) is 42.9 Å². The van der Waals surface area contributed by atoms with Gasteiger partial charge in [-0.1, -0.05) is 27.5 Å². The van der Waals surface area contributed by atoms with Crippen LogP contribution in [-0.4, -0.2) is 45.4 Å². The minimum absolute atomic E-state index is 0.0106. The Labute approximate surface area is 188 Å². The van der Waals surface area contributed by atoms with Gasteiger partial charge in [0.1, 0.15) is 11.5 Å². The van der Waals surface area contributed by atoms with Crippen LogP contribution < -0.4 is 4.74 Å². The summed E-state index contributed by atoms with van der Waals surface area (Å²) in [5.74, 6) is 1.09. The zero-order valence-electron chi connectivity index (χ0n) is 16.4. The highest BCUT2D eigenvalue weighted by Gasteiger charge is 2.52. The Bertz CT molecular complexity index is 1070. The van der Waals surface area contributed by atoms with E-state index in [2.05, 4.69) is 27.0 Å². The molecule has 0 saturated carbocycles. The van der Waals surface area contributed by atoms with Crippen molar-refractivity contribution in [2.75, 3.05) is 13.1 Å². The lowest BCUT2D eigenvalue weighted by Crippen LogP contribution is -2.59.